The second-order valence-electron chi connectivity index (χ2n) is 6.52. The maximum atomic E-state index is 7.11. The summed E-state index contributed by atoms with van der Waals surface area (Å²) in [6, 6.07) is 8.59. The SMILES string of the molecule is Cl[Si](Cl)(C1C=Cc2ccccc21)C12CCC(CC1)C2. The molecule has 0 radical (unpaired) electrons. The molecular formula is C16H18Cl2Si. The molecular weight excluding hydrogens is 291 g/mol. The van der Waals surface area contributed by atoms with E-state index in [2.05, 4.69) is 36.4 Å². The number of allylic oxidation sites excluding steroid dienone is 1. The molecule has 0 saturated heterocycles. The van der Waals surface area contributed by atoms with Crippen LogP contribution in [0.15, 0.2) is 30.3 Å². The molecule has 0 aliphatic heterocycles. The van der Waals surface area contributed by atoms with Crippen LogP contribution in [-0.2, 0) is 0 Å². The zero-order valence-electron chi connectivity index (χ0n) is 10.9. The van der Waals surface area contributed by atoms with Gasteiger partial charge >= 0.3 is 0 Å². The fraction of sp³-hybridized carbons (Fsp3) is 0.500. The summed E-state index contributed by atoms with van der Waals surface area (Å²) in [6.45, 7) is -2.34. The number of benzene rings is 1. The smallest absolute Gasteiger partial charge is 0.144 e. The lowest BCUT2D eigenvalue weighted by Gasteiger charge is -2.40. The van der Waals surface area contributed by atoms with Crippen molar-refractivity contribution in [2.24, 2.45) is 5.92 Å². The highest BCUT2D eigenvalue weighted by molar-refractivity contribution is 7.47. The van der Waals surface area contributed by atoms with E-state index in [-0.39, 0.29) is 5.04 Å². The lowest BCUT2D eigenvalue weighted by atomic mass is 10.0. The Kier molecular flexibility index (Phi) is 2.71. The minimum Gasteiger partial charge on any atom is -0.144 e. The zero-order valence-corrected chi connectivity index (χ0v) is 13.4. The quantitative estimate of drug-likeness (QED) is 0.493. The summed E-state index contributed by atoms with van der Waals surface area (Å²) in [5.41, 5.74) is 2.97. The lowest BCUT2D eigenvalue weighted by Crippen LogP contribution is -2.41. The molecule has 0 heterocycles. The molecule has 3 aliphatic rings. The Morgan fingerprint density at radius 2 is 1.84 bits per heavy atom. The molecule has 1 aromatic carbocycles. The van der Waals surface area contributed by atoms with Gasteiger partial charge in [-0.2, -0.15) is 0 Å². The Labute approximate surface area is 125 Å². The van der Waals surface area contributed by atoms with Gasteiger partial charge in [-0.05, 0) is 41.3 Å². The number of hydrogen-bond donors (Lipinski definition) is 0. The molecule has 2 fully saturated rings. The summed E-state index contributed by atoms with van der Waals surface area (Å²) in [7, 11) is 0. The van der Waals surface area contributed by atoms with Crippen molar-refractivity contribution in [3.63, 3.8) is 0 Å². The highest BCUT2D eigenvalue weighted by Gasteiger charge is 2.62. The van der Waals surface area contributed by atoms with Crippen LogP contribution in [0.5, 0.6) is 0 Å². The van der Waals surface area contributed by atoms with Crippen molar-refractivity contribution in [3.8, 4) is 0 Å². The van der Waals surface area contributed by atoms with Gasteiger partial charge in [-0.15, -0.1) is 22.2 Å². The van der Waals surface area contributed by atoms with Gasteiger partial charge in [0.2, 0.25) is 0 Å². The molecule has 2 bridgehead atoms. The summed E-state index contributed by atoms with van der Waals surface area (Å²) >= 11 is 14.2. The molecule has 3 heteroatoms. The monoisotopic (exact) mass is 308 g/mol. The van der Waals surface area contributed by atoms with Crippen LogP contribution in [0.3, 0.4) is 0 Å². The minimum absolute atomic E-state index is 0.285. The Morgan fingerprint density at radius 3 is 2.53 bits per heavy atom. The third kappa shape index (κ3) is 1.65. The van der Waals surface area contributed by atoms with Gasteiger partial charge in [0.15, 0.2) is 0 Å². The van der Waals surface area contributed by atoms with Crippen LogP contribution in [0, 0.1) is 5.92 Å². The predicted octanol–water partition coefficient (Wildman–Crippen LogP) is 5.59. The maximum absolute atomic E-state index is 7.11. The van der Waals surface area contributed by atoms with E-state index in [1.165, 1.54) is 43.2 Å². The van der Waals surface area contributed by atoms with Crippen molar-refractivity contribution in [2.75, 3.05) is 0 Å². The molecule has 1 aromatic rings. The van der Waals surface area contributed by atoms with E-state index in [0.29, 0.717) is 5.54 Å². The number of rotatable bonds is 2. The molecule has 3 aliphatic carbocycles. The van der Waals surface area contributed by atoms with Gasteiger partial charge < -0.3 is 0 Å². The highest BCUT2D eigenvalue weighted by atomic mass is 35.7. The van der Waals surface area contributed by atoms with Crippen molar-refractivity contribution in [1.82, 2.24) is 0 Å². The molecule has 19 heavy (non-hydrogen) atoms. The first-order valence-corrected chi connectivity index (χ1v) is 11.4. The molecule has 0 nitrogen and oxygen atoms in total. The first kappa shape index (κ1) is 12.5. The van der Waals surface area contributed by atoms with Crippen LogP contribution in [0.2, 0.25) is 5.04 Å². The number of fused-ring (bicyclic) bond motifs is 3. The first-order chi connectivity index (χ1) is 9.12. The molecule has 4 rings (SSSR count). The van der Waals surface area contributed by atoms with Gasteiger partial charge in [-0.1, -0.05) is 49.3 Å². The van der Waals surface area contributed by atoms with Gasteiger partial charge in [0, 0.05) is 5.54 Å². The van der Waals surface area contributed by atoms with E-state index >= 15 is 0 Å². The third-order valence-electron chi connectivity index (χ3n) is 5.64. The molecule has 0 spiro atoms. The van der Waals surface area contributed by atoms with E-state index in [9.17, 15) is 0 Å². The Bertz CT molecular complexity index is 541. The van der Waals surface area contributed by atoms with E-state index in [4.69, 9.17) is 22.2 Å². The molecule has 0 aromatic heterocycles. The molecule has 0 N–H and O–H groups in total. The Hall–Kier alpha value is -0.243. The molecule has 1 unspecified atom stereocenters. The summed E-state index contributed by atoms with van der Waals surface area (Å²) in [5.74, 6) is 0.907. The highest BCUT2D eigenvalue weighted by Crippen LogP contribution is 2.69. The van der Waals surface area contributed by atoms with Gasteiger partial charge in [-0.3, -0.25) is 0 Å². The minimum atomic E-state index is -2.34. The van der Waals surface area contributed by atoms with Gasteiger partial charge in [0.1, 0.15) is 0 Å². The van der Waals surface area contributed by atoms with Crippen LogP contribution >= 0.6 is 22.2 Å². The fourth-order valence-electron chi connectivity index (χ4n) is 4.56. The Morgan fingerprint density at radius 1 is 1.11 bits per heavy atom. The van der Waals surface area contributed by atoms with E-state index in [0.717, 1.165) is 5.92 Å². The predicted molar refractivity (Wildman–Crippen MR) is 84.9 cm³/mol. The average Bonchev–Trinajstić information content (AvgIpc) is 3.13. The average molecular weight is 309 g/mol. The second-order valence-corrected chi connectivity index (χ2v) is 13.6. The summed E-state index contributed by atoms with van der Waals surface area (Å²) in [5, 5.41) is 0.285. The van der Waals surface area contributed by atoms with Gasteiger partial charge in [0.05, 0.1) is 0 Å². The summed E-state index contributed by atoms with van der Waals surface area (Å²) in [6.07, 6.45) is 11.0. The zero-order chi connectivity index (χ0) is 13.1. The van der Waals surface area contributed by atoms with Gasteiger partial charge in [0.25, 0.3) is 6.69 Å². The normalized spacial score (nSPS) is 35.9. The fourth-order valence-corrected chi connectivity index (χ4v) is 10.5. The van der Waals surface area contributed by atoms with Crippen molar-refractivity contribution in [2.45, 2.75) is 42.7 Å². The van der Waals surface area contributed by atoms with Crippen molar-refractivity contribution >= 4 is 34.9 Å². The molecule has 0 amide bonds. The van der Waals surface area contributed by atoms with Gasteiger partial charge in [-0.25, -0.2) is 0 Å². The van der Waals surface area contributed by atoms with Crippen LogP contribution in [0.1, 0.15) is 48.8 Å². The lowest BCUT2D eigenvalue weighted by molar-refractivity contribution is 0.484. The van der Waals surface area contributed by atoms with Crippen LogP contribution in [-0.4, -0.2) is 6.69 Å². The van der Waals surface area contributed by atoms with E-state index in [1.54, 1.807) is 0 Å². The van der Waals surface area contributed by atoms with Crippen molar-refractivity contribution in [1.29, 1.82) is 0 Å². The van der Waals surface area contributed by atoms with Crippen LogP contribution in [0.25, 0.3) is 6.08 Å². The van der Waals surface area contributed by atoms with E-state index in [1.807, 2.05) is 0 Å². The standard InChI is InChI=1S/C16H18Cl2Si/c17-19(18,16-9-7-12(11-16)8-10-16)15-6-5-13-3-1-2-4-14(13)15/h1-6,12,15H,7-11H2. The molecule has 100 valence electrons. The topological polar surface area (TPSA) is 0 Å². The third-order valence-corrected chi connectivity index (χ3v) is 12.9. The number of hydrogen-bond acceptors (Lipinski definition) is 0. The largest absolute Gasteiger partial charge is 0.268 e. The summed E-state index contributed by atoms with van der Waals surface area (Å²) in [4.78, 5) is 0. The molecule has 1 atom stereocenters. The first-order valence-electron chi connectivity index (χ1n) is 7.27. The summed E-state index contributed by atoms with van der Waals surface area (Å²) < 4.78 is 0. The van der Waals surface area contributed by atoms with Crippen molar-refractivity contribution < 1.29 is 0 Å². The Balaban J connectivity index is 1.75. The van der Waals surface area contributed by atoms with Crippen LogP contribution < -0.4 is 0 Å². The van der Waals surface area contributed by atoms with Crippen molar-refractivity contribution in [3.05, 3.63) is 41.5 Å². The van der Waals surface area contributed by atoms with E-state index < -0.39 is 6.69 Å². The number of halogens is 2. The second kappa shape index (κ2) is 4.13. The molecule has 2 saturated carbocycles. The maximum Gasteiger partial charge on any atom is 0.268 e. The van der Waals surface area contributed by atoms with Crippen LogP contribution in [0.4, 0.5) is 0 Å².